The first-order valence-electron chi connectivity index (χ1n) is 10.7. The van der Waals surface area contributed by atoms with Gasteiger partial charge < -0.3 is 4.74 Å². The lowest BCUT2D eigenvalue weighted by atomic mass is 9.79. The molecule has 4 aromatic carbocycles. The van der Waals surface area contributed by atoms with E-state index in [4.69, 9.17) is 4.74 Å². The van der Waals surface area contributed by atoms with E-state index in [0.29, 0.717) is 0 Å². The van der Waals surface area contributed by atoms with E-state index in [0.717, 1.165) is 33.4 Å². The van der Waals surface area contributed by atoms with Crippen LogP contribution in [0.3, 0.4) is 0 Å². The van der Waals surface area contributed by atoms with Gasteiger partial charge in [0.2, 0.25) is 0 Å². The molecular weight excluding hydrogens is 392 g/mol. The molecule has 0 radical (unpaired) electrons. The third-order valence-electron chi connectivity index (χ3n) is 5.76. The maximum atomic E-state index is 12.7. The molecule has 1 heterocycles. The van der Waals surface area contributed by atoms with Crippen molar-refractivity contribution in [3.8, 4) is 0 Å². The summed E-state index contributed by atoms with van der Waals surface area (Å²) in [6.07, 6.45) is 3.71. The van der Waals surface area contributed by atoms with Crippen LogP contribution < -0.4 is 0 Å². The van der Waals surface area contributed by atoms with Crippen molar-refractivity contribution < 1.29 is 9.53 Å². The van der Waals surface area contributed by atoms with Crippen molar-refractivity contribution >= 4 is 11.5 Å². The van der Waals surface area contributed by atoms with Crippen molar-refractivity contribution in [2.75, 3.05) is 0 Å². The van der Waals surface area contributed by atoms with Crippen molar-refractivity contribution in [2.45, 2.75) is 5.60 Å². The lowest BCUT2D eigenvalue weighted by molar-refractivity contribution is -0.143. The number of ether oxygens (including phenoxy) is 1. The van der Waals surface area contributed by atoms with Crippen LogP contribution in [0.5, 0.6) is 0 Å². The highest BCUT2D eigenvalue weighted by molar-refractivity contribution is 5.92. The minimum atomic E-state index is -1.01. The van der Waals surface area contributed by atoms with Crippen LogP contribution in [-0.2, 0) is 15.1 Å². The van der Waals surface area contributed by atoms with Gasteiger partial charge in [-0.1, -0.05) is 121 Å². The van der Waals surface area contributed by atoms with Crippen LogP contribution in [0.25, 0.3) is 5.57 Å². The first-order chi connectivity index (χ1) is 15.8. The summed E-state index contributed by atoms with van der Waals surface area (Å²) < 4.78 is 6.13. The third kappa shape index (κ3) is 3.57. The molecule has 0 saturated carbocycles. The van der Waals surface area contributed by atoms with E-state index in [1.54, 1.807) is 6.08 Å². The van der Waals surface area contributed by atoms with Gasteiger partial charge >= 0.3 is 5.97 Å². The second kappa shape index (κ2) is 8.52. The van der Waals surface area contributed by atoms with Crippen molar-refractivity contribution in [1.82, 2.24) is 0 Å². The van der Waals surface area contributed by atoms with E-state index >= 15 is 0 Å². The number of carbonyl (C=O) groups is 1. The van der Waals surface area contributed by atoms with Gasteiger partial charge in [0.05, 0.1) is 0 Å². The first-order valence-corrected chi connectivity index (χ1v) is 10.7. The lowest BCUT2D eigenvalue weighted by Crippen LogP contribution is -2.30. The highest BCUT2D eigenvalue weighted by Crippen LogP contribution is 2.46. The van der Waals surface area contributed by atoms with Gasteiger partial charge in [0.15, 0.2) is 5.60 Å². The highest BCUT2D eigenvalue weighted by atomic mass is 16.6. The molecule has 0 saturated heterocycles. The van der Waals surface area contributed by atoms with Gasteiger partial charge in [-0.2, -0.15) is 0 Å². The summed E-state index contributed by atoms with van der Waals surface area (Å²) in [6, 6.07) is 40.4. The van der Waals surface area contributed by atoms with Crippen molar-refractivity contribution in [3.05, 3.63) is 161 Å². The van der Waals surface area contributed by atoms with Crippen molar-refractivity contribution in [1.29, 1.82) is 0 Å². The van der Waals surface area contributed by atoms with E-state index in [9.17, 15) is 4.79 Å². The Kier molecular flexibility index (Phi) is 5.27. The Morgan fingerprint density at radius 2 is 1.00 bits per heavy atom. The predicted octanol–water partition coefficient (Wildman–Crippen LogP) is 6.55. The van der Waals surface area contributed by atoms with Crippen LogP contribution in [0.2, 0.25) is 0 Å². The average molecular weight is 415 g/mol. The number of hydrogen-bond acceptors (Lipinski definition) is 2. The van der Waals surface area contributed by atoms with Gasteiger partial charge in [-0.05, 0) is 22.8 Å². The molecule has 32 heavy (non-hydrogen) atoms. The topological polar surface area (TPSA) is 26.3 Å². The highest BCUT2D eigenvalue weighted by Gasteiger charge is 2.45. The molecule has 4 aromatic rings. The zero-order valence-electron chi connectivity index (χ0n) is 17.5. The predicted molar refractivity (Wildman–Crippen MR) is 128 cm³/mol. The lowest BCUT2D eigenvalue weighted by Gasteiger charge is -2.32. The molecule has 0 bridgehead atoms. The molecule has 2 nitrogen and oxygen atoms in total. The normalized spacial score (nSPS) is 14.4. The van der Waals surface area contributed by atoms with E-state index in [2.05, 4.69) is 30.3 Å². The fraction of sp³-hybridized carbons (Fsp3) is 0.0333. The quantitative estimate of drug-likeness (QED) is 0.346. The fourth-order valence-electron chi connectivity index (χ4n) is 4.30. The summed E-state index contributed by atoms with van der Waals surface area (Å²) in [5, 5.41) is 0. The van der Waals surface area contributed by atoms with E-state index in [1.165, 1.54) is 0 Å². The molecule has 0 unspecified atom stereocenters. The summed E-state index contributed by atoms with van der Waals surface area (Å²) in [4.78, 5) is 12.7. The summed E-state index contributed by atoms with van der Waals surface area (Å²) in [6.45, 7) is 0. The van der Waals surface area contributed by atoms with Crippen LogP contribution in [-0.4, -0.2) is 5.97 Å². The molecule has 1 aliphatic heterocycles. The molecule has 0 amide bonds. The minimum absolute atomic E-state index is 0.343. The number of esters is 1. The van der Waals surface area contributed by atoms with Gasteiger partial charge in [0.1, 0.15) is 0 Å². The van der Waals surface area contributed by atoms with Gasteiger partial charge in [-0.3, -0.25) is 0 Å². The Morgan fingerprint density at radius 3 is 1.44 bits per heavy atom. The van der Waals surface area contributed by atoms with Crippen molar-refractivity contribution in [2.24, 2.45) is 0 Å². The molecule has 2 heteroatoms. The second-order valence-electron chi connectivity index (χ2n) is 7.72. The van der Waals surface area contributed by atoms with E-state index in [-0.39, 0.29) is 5.97 Å². The molecule has 0 atom stereocenters. The monoisotopic (exact) mass is 414 g/mol. The van der Waals surface area contributed by atoms with Crippen LogP contribution in [0, 0.1) is 0 Å². The minimum Gasteiger partial charge on any atom is -0.441 e. The maximum absolute atomic E-state index is 12.7. The number of benzene rings is 4. The molecule has 154 valence electrons. The number of hydrogen-bond donors (Lipinski definition) is 0. The van der Waals surface area contributed by atoms with Gasteiger partial charge in [-0.25, -0.2) is 4.79 Å². The zero-order chi connectivity index (χ0) is 21.8. The summed E-state index contributed by atoms with van der Waals surface area (Å²) in [5.41, 5.74) is 4.83. The molecule has 1 aliphatic rings. The smallest absolute Gasteiger partial charge is 0.332 e. The Hall–Kier alpha value is -4.17. The van der Waals surface area contributed by atoms with Crippen LogP contribution in [0.1, 0.15) is 22.3 Å². The Balaban J connectivity index is 1.76. The van der Waals surface area contributed by atoms with Gasteiger partial charge in [0.25, 0.3) is 0 Å². The third-order valence-corrected chi connectivity index (χ3v) is 5.76. The SMILES string of the molecule is O=C1C=C(C=C(c2ccccc2)c2ccccc2)C(c2ccccc2)(c2ccccc2)O1. The summed E-state index contributed by atoms with van der Waals surface area (Å²) in [7, 11) is 0. The molecule has 5 rings (SSSR count). The fourth-order valence-corrected chi connectivity index (χ4v) is 4.30. The molecule has 0 spiro atoms. The molecule has 0 fully saturated rings. The zero-order valence-corrected chi connectivity index (χ0v) is 17.5. The van der Waals surface area contributed by atoms with Crippen LogP contribution in [0.15, 0.2) is 139 Å². The molecule has 0 N–H and O–H groups in total. The number of rotatable bonds is 5. The summed E-state index contributed by atoms with van der Waals surface area (Å²) in [5.74, 6) is -0.343. The Bertz CT molecular complexity index is 1190. The standard InChI is InChI=1S/C30H22O2/c31-29-22-27(21-28(23-13-5-1-6-14-23)24-15-7-2-8-16-24)30(32-29,25-17-9-3-10-18-25)26-19-11-4-12-20-26/h1-22H. The molecular formula is C30H22O2. The number of carbonyl (C=O) groups excluding carboxylic acids is 1. The largest absolute Gasteiger partial charge is 0.441 e. The van der Waals surface area contributed by atoms with Gasteiger partial charge in [0, 0.05) is 22.8 Å². The maximum Gasteiger partial charge on any atom is 0.332 e. The van der Waals surface area contributed by atoms with Gasteiger partial charge in [-0.15, -0.1) is 0 Å². The second-order valence-corrected chi connectivity index (χ2v) is 7.72. The van der Waals surface area contributed by atoms with Crippen LogP contribution >= 0.6 is 0 Å². The molecule has 0 aromatic heterocycles. The van der Waals surface area contributed by atoms with E-state index < -0.39 is 5.60 Å². The van der Waals surface area contributed by atoms with Crippen molar-refractivity contribution in [3.63, 3.8) is 0 Å². The first kappa shape index (κ1) is 19.8. The van der Waals surface area contributed by atoms with E-state index in [1.807, 2.05) is 97.1 Å². The average Bonchev–Trinajstić information content (AvgIpc) is 3.21. The van der Waals surface area contributed by atoms with Crippen LogP contribution in [0.4, 0.5) is 0 Å². The Morgan fingerprint density at radius 1 is 0.594 bits per heavy atom. The number of cyclic esters (lactones) is 1. The molecule has 0 aliphatic carbocycles. The Labute approximate surface area is 188 Å². The summed E-state index contributed by atoms with van der Waals surface area (Å²) >= 11 is 0.